The molecule has 6 nitrogen and oxygen atoms in total. The summed E-state index contributed by atoms with van der Waals surface area (Å²) in [6.45, 7) is 2.53. The fourth-order valence-electron chi connectivity index (χ4n) is 3.17. The van der Waals surface area contributed by atoms with Crippen LogP contribution in [0.1, 0.15) is 42.0 Å². The maximum Gasteiger partial charge on any atom is 0.223 e. The number of benzene rings is 1. The van der Waals surface area contributed by atoms with E-state index in [1.165, 1.54) is 4.70 Å². The molecule has 2 aromatic heterocycles. The van der Waals surface area contributed by atoms with Crippen molar-refractivity contribution in [2.75, 3.05) is 6.54 Å². The molecule has 1 unspecified atom stereocenters. The Labute approximate surface area is 143 Å². The Hall–Kier alpha value is -2.28. The van der Waals surface area contributed by atoms with E-state index in [0.29, 0.717) is 24.6 Å². The number of aromatic nitrogens is 3. The summed E-state index contributed by atoms with van der Waals surface area (Å²) in [5, 5.41) is 5.00. The third-order valence-electron chi connectivity index (χ3n) is 4.31. The van der Waals surface area contributed by atoms with Gasteiger partial charge in [-0.3, -0.25) is 4.79 Å². The highest BCUT2D eigenvalue weighted by Crippen LogP contribution is 2.31. The number of likely N-dealkylation sites (tertiary alicyclic amines) is 1. The number of rotatable bonds is 4. The molecule has 4 rings (SSSR count). The number of para-hydroxylation sites is 1. The van der Waals surface area contributed by atoms with Gasteiger partial charge < -0.3 is 9.42 Å². The van der Waals surface area contributed by atoms with Gasteiger partial charge in [-0.25, -0.2) is 4.98 Å². The summed E-state index contributed by atoms with van der Waals surface area (Å²) in [6, 6.07) is 8.01. The van der Waals surface area contributed by atoms with Crippen LogP contribution in [0.5, 0.6) is 0 Å². The van der Waals surface area contributed by atoms with Crippen molar-refractivity contribution in [1.82, 2.24) is 20.0 Å². The van der Waals surface area contributed by atoms with Crippen LogP contribution in [0.2, 0.25) is 0 Å². The number of amides is 1. The number of carbonyl (C=O) groups is 1. The van der Waals surface area contributed by atoms with E-state index in [9.17, 15) is 4.79 Å². The lowest BCUT2D eigenvalue weighted by molar-refractivity contribution is -0.132. The predicted molar refractivity (Wildman–Crippen MR) is 90.7 cm³/mol. The van der Waals surface area contributed by atoms with E-state index in [2.05, 4.69) is 21.2 Å². The molecule has 3 aromatic rings. The predicted octanol–water partition coefficient (Wildman–Crippen LogP) is 3.28. The quantitative estimate of drug-likeness (QED) is 0.727. The molecule has 1 aromatic carbocycles. The molecule has 7 heteroatoms. The Morgan fingerprint density at radius 2 is 2.25 bits per heavy atom. The van der Waals surface area contributed by atoms with Crippen molar-refractivity contribution >= 4 is 27.5 Å². The van der Waals surface area contributed by atoms with E-state index in [1.54, 1.807) is 18.3 Å². The van der Waals surface area contributed by atoms with Crippen LogP contribution in [0.15, 0.2) is 28.8 Å². The SMILES string of the molecule is Cc1nc(C2CCCN2C(=O)CCc2nc3ccccc3s2)no1. The molecule has 24 heavy (non-hydrogen) atoms. The zero-order chi connectivity index (χ0) is 16.5. The maximum absolute atomic E-state index is 12.6. The van der Waals surface area contributed by atoms with E-state index in [-0.39, 0.29) is 11.9 Å². The molecule has 0 saturated carbocycles. The average molecular weight is 342 g/mol. The van der Waals surface area contributed by atoms with Crippen molar-refractivity contribution in [2.45, 2.75) is 38.6 Å². The van der Waals surface area contributed by atoms with E-state index in [4.69, 9.17) is 4.52 Å². The van der Waals surface area contributed by atoms with Crippen LogP contribution in [-0.4, -0.2) is 32.5 Å². The maximum atomic E-state index is 12.6. The van der Waals surface area contributed by atoms with Gasteiger partial charge in [-0.05, 0) is 25.0 Å². The van der Waals surface area contributed by atoms with Crippen molar-refractivity contribution in [1.29, 1.82) is 0 Å². The summed E-state index contributed by atoms with van der Waals surface area (Å²) < 4.78 is 6.23. The third-order valence-corrected chi connectivity index (χ3v) is 5.40. The Kier molecular flexibility index (Phi) is 4.02. The van der Waals surface area contributed by atoms with Crippen molar-refractivity contribution in [3.8, 4) is 0 Å². The van der Waals surface area contributed by atoms with Crippen LogP contribution in [-0.2, 0) is 11.2 Å². The van der Waals surface area contributed by atoms with Gasteiger partial charge in [0, 0.05) is 26.3 Å². The van der Waals surface area contributed by atoms with E-state index < -0.39 is 0 Å². The van der Waals surface area contributed by atoms with Gasteiger partial charge in [0.05, 0.1) is 21.3 Å². The van der Waals surface area contributed by atoms with Crippen LogP contribution >= 0.6 is 11.3 Å². The highest BCUT2D eigenvalue weighted by molar-refractivity contribution is 7.18. The molecule has 0 N–H and O–H groups in total. The second-order valence-electron chi connectivity index (χ2n) is 5.99. The molecule has 3 heterocycles. The number of hydrogen-bond acceptors (Lipinski definition) is 6. The fourth-order valence-corrected chi connectivity index (χ4v) is 4.14. The number of hydrogen-bond donors (Lipinski definition) is 0. The first-order chi connectivity index (χ1) is 11.7. The second kappa shape index (κ2) is 6.32. The molecule has 1 aliphatic heterocycles. The Morgan fingerprint density at radius 1 is 1.38 bits per heavy atom. The molecule has 0 radical (unpaired) electrons. The zero-order valence-corrected chi connectivity index (χ0v) is 14.3. The Morgan fingerprint density at radius 3 is 3.04 bits per heavy atom. The summed E-state index contributed by atoms with van der Waals surface area (Å²) in [6.07, 6.45) is 3.01. The number of carbonyl (C=O) groups excluding carboxylic acids is 1. The van der Waals surface area contributed by atoms with Gasteiger partial charge in [-0.15, -0.1) is 11.3 Å². The number of fused-ring (bicyclic) bond motifs is 1. The molecule has 0 aliphatic carbocycles. The lowest BCUT2D eigenvalue weighted by Crippen LogP contribution is -2.31. The van der Waals surface area contributed by atoms with Crippen LogP contribution in [0.25, 0.3) is 10.2 Å². The first-order valence-electron chi connectivity index (χ1n) is 8.15. The minimum absolute atomic E-state index is 0.0506. The van der Waals surface area contributed by atoms with Gasteiger partial charge in [-0.2, -0.15) is 4.98 Å². The van der Waals surface area contributed by atoms with Gasteiger partial charge in [0.25, 0.3) is 0 Å². The average Bonchev–Trinajstić information content (AvgIpc) is 3.30. The normalized spacial score (nSPS) is 17.7. The summed E-state index contributed by atoms with van der Waals surface area (Å²) >= 11 is 1.66. The molecule has 0 bridgehead atoms. The number of thiazole rings is 1. The van der Waals surface area contributed by atoms with Gasteiger partial charge in [0.1, 0.15) is 0 Å². The van der Waals surface area contributed by atoms with Crippen LogP contribution in [0.4, 0.5) is 0 Å². The third kappa shape index (κ3) is 2.91. The molecule has 0 spiro atoms. The first-order valence-corrected chi connectivity index (χ1v) is 8.96. The fraction of sp³-hybridized carbons (Fsp3) is 0.412. The molecular formula is C17H18N4O2S. The summed E-state index contributed by atoms with van der Waals surface area (Å²) in [5.41, 5.74) is 1.01. The van der Waals surface area contributed by atoms with Crippen molar-refractivity contribution in [3.05, 3.63) is 41.0 Å². The zero-order valence-electron chi connectivity index (χ0n) is 13.4. The Balaban J connectivity index is 1.43. The number of aryl methyl sites for hydroxylation is 2. The molecule has 1 saturated heterocycles. The van der Waals surface area contributed by atoms with E-state index >= 15 is 0 Å². The number of nitrogens with zero attached hydrogens (tertiary/aromatic N) is 4. The van der Waals surface area contributed by atoms with Crippen molar-refractivity contribution in [2.24, 2.45) is 0 Å². The van der Waals surface area contributed by atoms with Crippen LogP contribution < -0.4 is 0 Å². The smallest absolute Gasteiger partial charge is 0.223 e. The van der Waals surface area contributed by atoms with Crippen molar-refractivity contribution < 1.29 is 9.32 Å². The minimum atomic E-state index is -0.0506. The molecule has 1 atom stereocenters. The highest BCUT2D eigenvalue weighted by Gasteiger charge is 2.32. The van der Waals surface area contributed by atoms with Crippen LogP contribution in [0.3, 0.4) is 0 Å². The monoisotopic (exact) mass is 342 g/mol. The Bertz CT molecular complexity index is 839. The van der Waals surface area contributed by atoms with Crippen molar-refractivity contribution in [3.63, 3.8) is 0 Å². The second-order valence-corrected chi connectivity index (χ2v) is 7.11. The molecule has 124 valence electrons. The molecular weight excluding hydrogens is 324 g/mol. The lowest BCUT2D eigenvalue weighted by Gasteiger charge is -2.22. The summed E-state index contributed by atoms with van der Waals surface area (Å²) in [7, 11) is 0. The minimum Gasteiger partial charge on any atom is -0.340 e. The standard InChI is InChI=1S/C17H18N4O2S/c1-11-18-17(20-23-11)13-6-4-10-21(13)16(22)9-8-15-19-12-5-2-3-7-14(12)24-15/h2-3,5,7,13H,4,6,8-10H2,1H3. The van der Waals surface area contributed by atoms with Crippen LogP contribution in [0, 0.1) is 6.92 Å². The largest absolute Gasteiger partial charge is 0.340 e. The molecule has 1 fully saturated rings. The van der Waals surface area contributed by atoms with Gasteiger partial charge in [0.2, 0.25) is 11.8 Å². The topological polar surface area (TPSA) is 72.1 Å². The van der Waals surface area contributed by atoms with Gasteiger partial charge in [-0.1, -0.05) is 17.3 Å². The molecule has 1 aliphatic rings. The van der Waals surface area contributed by atoms with E-state index in [0.717, 1.165) is 29.9 Å². The first kappa shape index (κ1) is 15.3. The molecule has 1 amide bonds. The van der Waals surface area contributed by atoms with Gasteiger partial charge >= 0.3 is 0 Å². The lowest BCUT2D eigenvalue weighted by atomic mass is 10.2. The van der Waals surface area contributed by atoms with Gasteiger partial charge in [0.15, 0.2) is 5.82 Å². The highest BCUT2D eigenvalue weighted by atomic mass is 32.1. The summed E-state index contributed by atoms with van der Waals surface area (Å²) in [5.74, 6) is 1.30. The van der Waals surface area contributed by atoms with E-state index in [1.807, 2.05) is 23.1 Å². The summed E-state index contributed by atoms with van der Waals surface area (Å²) in [4.78, 5) is 23.4.